The highest BCUT2D eigenvalue weighted by Gasteiger charge is 2.31. The van der Waals surface area contributed by atoms with E-state index in [1.165, 1.54) is 12.8 Å². The number of amides is 2. The Bertz CT molecular complexity index is 688. The molecule has 1 unspecified atom stereocenters. The van der Waals surface area contributed by atoms with E-state index in [2.05, 4.69) is 52.0 Å². The number of piperidine rings is 1. The van der Waals surface area contributed by atoms with Gasteiger partial charge in [0.15, 0.2) is 5.69 Å². The largest absolute Gasteiger partial charge is 0.356 e. The molecule has 0 bridgehead atoms. The lowest BCUT2D eigenvalue weighted by molar-refractivity contribution is -0.126. The Balaban J connectivity index is 2.01. The first kappa shape index (κ1) is 23.4. The monoisotopic (exact) mass is 404 g/mol. The first-order chi connectivity index (χ1) is 13.6. The van der Waals surface area contributed by atoms with Gasteiger partial charge in [-0.25, -0.2) is 0 Å². The zero-order chi connectivity index (χ0) is 21.6. The maximum atomic E-state index is 13.1. The van der Waals surface area contributed by atoms with Crippen LogP contribution in [0.15, 0.2) is 6.07 Å². The number of nitrogens with one attached hydrogen (secondary N) is 1. The summed E-state index contributed by atoms with van der Waals surface area (Å²) in [4.78, 5) is 27.5. The van der Waals surface area contributed by atoms with Crippen molar-refractivity contribution in [2.45, 2.75) is 91.5 Å². The lowest BCUT2D eigenvalue weighted by Crippen LogP contribution is -2.45. The first-order valence-electron chi connectivity index (χ1n) is 11.3. The Hall–Kier alpha value is -1.85. The normalized spacial score (nSPS) is 17.6. The highest BCUT2D eigenvalue weighted by molar-refractivity contribution is 5.93. The Morgan fingerprint density at radius 2 is 1.97 bits per heavy atom. The van der Waals surface area contributed by atoms with E-state index >= 15 is 0 Å². The molecule has 0 spiro atoms. The zero-order valence-corrected chi connectivity index (χ0v) is 19.3. The minimum absolute atomic E-state index is 0.0599. The fourth-order valence-corrected chi connectivity index (χ4v) is 3.89. The van der Waals surface area contributed by atoms with Gasteiger partial charge in [-0.05, 0) is 52.0 Å². The van der Waals surface area contributed by atoms with Gasteiger partial charge in [-0.2, -0.15) is 5.10 Å². The molecule has 0 saturated carbocycles. The van der Waals surface area contributed by atoms with Gasteiger partial charge in [0.05, 0.1) is 11.5 Å². The molecule has 0 aliphatic carbocycles. The zero-order valence-electron chi connectivity index (χ0n) is 19.3. The summed E-state index contributed by atoms with van der Waals surface area (Å²) < 4.78 is 1.97. The number of carbonyl (C=O) groups excluding carboxylic acids is 2. The van der Waals surface area contributed by atoms with Gasteiger partial charge in [0.1, 0.15) is 0 Å². The van der Waals surface area contributed by atoms with Gasteiger partial charge < -0.3 is 10.2 Å². The van der Waals surface area contributed by atoms with Crippen molar-refractivity contribution in [1.29, 1.82) is 0 Å². The number of unbranched alkanes of at least 4 members (excludes halogenated alkanes) is 3. The van der Waals surface area contributed by atoms with E-state index in [1.807, 2.05) is 15.6 Å². The van der Waals surface area contributed by atoms with Crippen LogP contribution < -0.4 is 5.32 Å². The van der Waals surface area contributed by atoms with E-state index in [0.29, 0.717) is 18.8 Å². The highest BCUT2D eigenvalue weighted by Crippen LogP contribution is 2.25. The summed E-state index contributed by atoms with van der Waals surface area (Å²) in [7, 11) is 0. The molecule has 1 saturated heterocycles. The fourth-order valence-electron chi connectivity index (χ4n) is 3.89. The number of aromatic nitrogens is 2. The van der Waals surface area contributed by atoms with Crippen LogP contribution in [0.4, 0.5) is 0 Å². The third-order valence-corrected chi connectivity index (χ3v) is 5.59. The Morgan fingerprint density at radius 3 is 2.55 bits per heavy atom. The standard InChI is InChI=1S/C23H40N4O2/c1-7-8-9-10-13-24-21(28)18-12-11-14-26(16-18)22(29)19-15-20(17(2)3)27(25-19)23(4,5)6/h15,17-18H,7-14,16H2,1-6H3,(H,24,28). The number of likely N-dealkylation sites (tertiary alicyclic amines) is 1. The summed E-state index contributed by atoms with van der Waals surface area (Å²) in [6, 6.07) is 1.93. The molecule has 6 nitrogen and oxygen atoms in total. The number of rotatable bonds is 8. The molecule has 0 aromatic carbocycles. The molecule has 164 valence electrons. The van der Waals surface area contributed by atoms with Gasteiger partial charge >= 0.3 is 0 Å². The lowest BCUT2D eigenvalue weighted by atomic mass is 9.96. The minimum atomic E-state index is -0.180. The second-order valence-electron chi connectivity index (χ2n) is 9.63. The SMILES string of the molecule is CCCCCCNC(=O)C1CCCN(C(=O)c2cc(C(C)C)n(C(C)(C)C)n2)C1. The van der Waals surface area contributed by atoms with Crippen LogP contribution >= 0.6 is 0 Å². The van der Waals surface area contributed by atoms with Gasteiger partial charge in [-0.3, -0.25) is 14.3 Å². The van der Waals surface area contributed by atoms with Gasteiger partial charge in [0.2, 0.25) is 5.91 Å². The lowest BCUT2D eigenvalue weighted by Gasteiger charge is -2.31. The quantitative estimate of drug-likeness (QED) is 0.657. The van der Waals surface area contributed by atoms with E-state index in [9.17, 15) is 9.59 Å². The van der Waals surface area contributed by atoms with Gasteiger partial charge in [-0.1, -0.05) is 40.0 Å². The number of hydrogen-bond acceptors (Lipinski definition) is 3. The van der Waals surface area contributed by atoms with E-state index in [0.717, 1.165) is 37.9 Å². The molecule has 2 heterocycles. The Morgan fingerprint density at radius 1 is 1.24 bits per heavy atom. The number of nitrogens with zero attached hydrogens (tertiary/aromatic N) is 3. The summed E-state index contributed by atoms with van der Waals surface area (Å²) in [5.74, 6) is 0.196. The molecule has 29 heavy (non-hydrogen) atoms. The van der Waals surface area contributed by atoms with Crippen LogP contribution in [0.5, 0.6) is 0 Å². The van der Waals surface area contributed by atoms with Crippen molar-refractivity contribution >= 4 is 11.8 Å². The summed E-state index contributed by atoms with van der Waals surface area (Å²) in [5, 5.41) is 7.71. The highest BCUT2D eigenvalue weighted by atomic mass is 16.2. The molecule has 0 radical (unpaired) electrons. The van der Waals surface area contributed by atoms with Crippen molar-refractivity contribution in [1.82, 2.24) is 20.0 Å². The molecule has 1 aromatic heterocycles. The van der Waals surface area contributed by atoms with E-state index in [1.54, 1.807) is 0 Å². The van der Waals surface area contributed by atoms with Crippen LogP contribution in [0.25, 0.3) is 0 Å². The fraction of sp³-hybridized carbons (Fsp3) is 0.783. The van der Waals surface area contributed by atoms with Crippen molar-refractivity contribution < 1.29 is 9.59 Å². The molecule has 1 fully saturated rings. The van der Waals surface area contributed by atoms with Crippen molar-refractivity contribution in [2.24, 2.45) is 5.92 Å². The predicted molar refractivity (Wildman–Crippen MR) is 117 cm³/mol. The molecule has 1 aliphatic rings. The summed E-state index contributed by atoms with van der Waals surface area (Å²) >= 11 is 0. The minimum Gasteiger partial charge on any atom is -0.356 e. The molecular formula is C23H40N4O2. The molecule has 6 heteroatoms. The average Bonchev–Trinajstić information content (AvgIpc) is 3.13. The predicted octanol–water partition coefficient (Wildman–Crippen LogP) is 4.31. The van der Waals surface area contributed by atoms with Crippen molar-refractivity contribution in [3.63, 3.8) is 0 Å². The maximum Gasteiger partial charge on any atom is 0.274 e. The second kappa shape index (κ2) is 10.3. The maximum absolute atomic E-state index is 13.1. The van der Waals surface area contributed by atoms with Crippen molar-refractivity contribution in [3.8, 4) is 0 Å². The first-order valence-corrected chi connectivity index (χ1v) is 11.3. The van der Waals surface area contributed by atoms with Crippen LogP contribution in [-0.4, -0.2) is 46.1 Å². The van der Waals surface area contributed by atoms with E-state index < -0.39 is 0 Å². The summed E-state index contributed by atoms with van der Waals surface area (Å²) in [6.45, 7) is 14.6. The van der Waals surface area contributed by atoms with Crippen LogP contribution in [0.2, 0.25) is 0 Å². The molecule has 1 atom stereocenters. The van der Waals surface area contributed by atoms with Crippen molar-refractivity contribution in [2.75, 3.05) is 19.6 Å². The molecular weight excluding hydrogens is 364 g/mol. The van der Waals surface area contributed by atoms with Crippen LogP contribution in [0, 0.1) is 5.92 Å². The molecule has 2 rings (SSSR count). The smallest absolute Gasteiger partial charge is 0.274 e. The molecule has 1 aliphatic heterocycles. The van der Waals surface area contributed by atoms with Crippen LogP contribution in [0.3, 0.4) is 0 Å². The Labute approximate surface area is 176 Å². The summed E-state index contributed by atoms with van der Waals surface area (Å²) in [6.07, 6.45) is 6.28. The Kier molecular flexibility index (Phi) is 8.29. The third-order valence-electron chi connectivity index (χ3n) is 5.59. The second-order valence-corrected chi connectivity index (χ2v) is 9.63. The molecule has 1 aromatic rings. The number of carbonyl (C=O) groups is 2. The van der Waals surface area contributed by atoms with Crippen LogP contribution in [-0.2, 0) is 10.3 Å². The van der Waals surface area contributed by atoms with Crippen molar-refractivity contribution in [3.05, 3.63) is 17.5 Å². The average molecular weight is 405 g/mol. The van der Waals surface area contributed by atoms with Crippen LogP contribution in [0.1, 0.15) is 102 Å². The van der Waals surface area contributed by atoms with E-state index in [-0.39, 0.29) is 29.2 Å². The topological polar surface area (TPSA) is 67.2 Å². The van der Waals surface area contributed by atoms with Gasteiger partial charge in [0, 0.05) is 25.3 Å². The van der Waals surface area contributed by atoms with Gasteiger partial charge in [0.25, 0.3) is 5.91 Å². The van der Waals surface area contributed by atoms with E-state index in [4.69, 9.17) is 0 Å². The molecule has 2 amide bonds. The van der Waals surface area contributed by atoms with Gasteiger partial charge in [-0.15, -0.1) is 0 Å². The summed E-state index contributed by atoms with van der Waals surface area (Å²) in [5.41, 5.74) is 1.38. The number of hydrogen-bond donors (Lipinski definition) is 1. The third kappa shape index (κ3) is 6.31. The molecule has 1 N–H and O–H groups in total.